The highest BCUT2D eigenvalue weighted by Gasteiger charge is 2.35. The minimum absolute atomic E-state index is 0.303. The maximum Gasteiger partial charge on any atom is 0.214 e. The van der Waals surface area contributed by atoms with Crippen LogP contribution < -0.4 is 0 Å². The van der Waals surface area contributed by atoms with E-state index in [4.69, 9.17) is 0 Å². The lowest BCUT2D eigenvalue weighted by atomic mass is 10.6. The van der Waals surface area contributed by atoms with E-state index in [1.165, 1.54) is 0 Å². The fourth-order valence-electron chi connectivity index (χ4n) is 1.42. The summed E-state index contributed by atoms with van der Waals surface area (Å²) < 4.78 is 24.8. The lowest BCUT2D eigenvalue weighted by Crippen LogP contribution is -2.34. The third kappa shape index (κ3) is 2.20. The van der Waals surface area contributed by atoms with Gasteiger partial charge in [0.2, 0.25) is 10.0 Å². The summed E-state index contributed by atoms with van der Waals surface area (Å²) in [6.45, 7) is 4.44. The average Bonchev–Trinajstić information content (AvgIpc) is 2.71. The van der Waals surface area contributed by atoms with E-state index >= 15 is 0 Å². The molecule has 0 radical (unpaired) electrons. The van der Waals surface area contributed by atoms with Crippen molar-refractivity contribution < 1.29 is 8.42 Å². The molecule has 1 aliphatic rings. The highest BCUT2D eigenvalue weighted by molar-refractivity contribution is 7.89. The Bertz CT molecular complexity index is 231. The highest BCUT2D eigenvalue weighted by Crippen LogP contribution is 2.29. The molecular formula is C8H17NO2S. The van der Waals surface area contributed by atoms with Crippen LogP contribution in [0.2, 0.25) is 0 Å². The van der Waals surface area contributed by atoms with Crippen molar-refractivity contribution in [3.8, 4) is 0 Å². The van der Waals surface area contributed by atoms with E-state index in [2.05, 4.69) is 0 Å². The molecule has 0 amide bonds. The van der Waals surface area contributed by atoms with Gasteiger partial charge in [-0.1, -0.05) is 13.8 Å². The van der Waals surface area contributed by atoms with Crippen LogP contribution in [0, 0.1) is 0 Å². The van der Waals surface area contributed by atoms with Crippen LogP contribution in [-0.2, 0) is 10.0 Å². The van der Waals surface area contributed by atoms with Gasteiger partial charge in [-0.05, 0) is 19.3 Å². The van der Waals surface area contributed by atoms with Gasteiger partial charge in [0, 0.05) is 12.6 Å². The maximum absolute atomic E-state index is 11.6. The SMILES string of the molecule is CCCS(=O)(=O)N(CC)C1CC1. The van der Waals surface area contributed by atoms with Crippen molar-refractivity contribution in [3.63, 3.8) is 0 Å². The summed E-state index contributed by atoms with van der Waals surface area (Å²) >= 11 is 0. The van der Waals surface area contributed by atoms with E-state index < -0.39 is 10.0 Å². The second kappa shape index (κ2) is 3.75. The van der Waals surface area contributed by atoms with Crippen LogP contribution in [0.5, 0.6) is 0 Å². The number of hydrogen-bond donors (Lipinski definition) is 0. The topological polar surface area (TPSA) is 37.4 Å². The van der Waals surface area contributed by atoms with Crippen LogP contribution in [0.25, 0.3) is 0 Å². The maximum atomic E-state index is 11.6. The smallest absolute Gasteiger partial charge is 0.212 e. The molecule has 0 N–H and O–H groups in total. The molecule has 0 unspecified atom stereocenters. The van der Waals surface area contributed by atoms with Crippen LogP contribution in [-0.4, -0.2) is 31.1 Å². The minimum atomic E-state index is -2.93. The zero-order chi connectivity index (χ0) is 9.19. The van der Waals surface area contributed by atoms with Crippen molar-refractivity contribution in [1.82, 2.24) is 4.31 Å². The Morgan fingerprint density at radius 2 is 1.92 bits per heavy atom. The lowest BCUT2D eigenvalue weighted by molar-refractivity contribution is 0.420. The number of nitrogens with zero attached hydrogens (tertiary/aromatic N) is 1. The van der Waals surface area contributed by atoms with Crippen LogP contribution >= 0.6 is 0 Å². The molecule has 0 bridgehead atoms. The van der Waals surface area contributed by atoms with E-state index in [9.17, 15) is 8.42 Å². The summed E-state index contributed by atoms with van der Waals surface area (Å²) in [5.74, 6) is 0.303. The molecule has 0 aromatic heterocycles. The van der Waals surface area contributed by atoms with E-state index in [-0.39, 0.29) is 0 Å². The molecule has 0 aliphatic heterocycles. The predicted octanol–water partition coefficient (Wildman–Crippen LogP) is 1.21. The summed E-state index contributed by atoms with van der Waals surface area (Å²) in [6, 6.07) is 0.326. The fourth-order valence-corrected chi connectivity index (χ4v) is 3.23. The van der Waals surface area contributed by atoms with Crippen LogP contribution in [0.1, 0.15) is 33.1 Å². The van der Waals surface area contributed by atoms with Gasteiger partial charge in [0.1, 0.15) is 0 Å². The Labute approximate surface area is 74.8 Å². The molecule has 0 saturated heterocycles. The van der Waals surface area contributed by atoms with Crippen molar-refractivity contribution in [2.75, 3.05) is 12.3 Å². The first-order valence-corrected chi connectivity index (χ1v) is 6.22. The van der Waals surface area contributed by atoms with Gasteiger partial charge in [-0.15, -0.1) is 0 Å². The second-order valence-electron chi connectivity index (χ2n) is 3.25. The number of hydrogen-bond acceptors (Lipinski definition) is 2. The summed E-state index contributed by atoms with van der Waals surface area (Å²) in [5, 5.41) is 0. The molecule has 4 heteroatoms. The second-order valence-corrected chi connectivity index (χ2v) is 5.29. The third-order valence-electron chi connectivity index (χ3n) is 2.09. The quantitative estimate of drug-likeness (QED) is 0.655. The molecule has 1 fully saturated rings. The molecule has 3 nitrogen and oxygen atoms in total. The molecule has 1 saturated carbocycles. The number of rotatable bonds is 5. The van der Waals surface area contributed by atoms with Crippen molar-refractivity contribution in [1.29, 1.82) is 0 Å². The monoisotopic (exact) mass is 191 g/mol. The largest absolute Gasteiger partial charge is 0.214 e. The summed E-state index contributed by atoms with van der Waals surface area (Å²) in [7, 11) is -2.93. The van der Waals surface area contributed by atoms with E-state index in [0.29, 0.717) is 24.8 Å². The lowest BCUT2D eigenvalue weighted by Gasteiger charge is -2.19. The van der Waals surface area contributed by atoms with Gasteiger partial charge in [0.15, 0.2) is 0 Å². The first-order chi connectivity index (χ1) is 5.61. The Morgan fingerprint density at radius 1 is 1.33 bits per heavy atom. The first-order valence-electron chi connectivity index (χ1n) is 4.61. The zero-order valence-electron chi connectivity index (χ0n) is 7.78. The molecule has 0 aromatic rings. The zero-order valence-corrected chi connectivity index (χ0v) is 8.60. The Balaban J connectivity index is 2.62. The number of sulfonamides is 1. The molecule has 0 aromatic carbocycles. The Hall–Kier alpha value is -0.0900. The van der Waals surface area contributed by atoms with Gasteiger partial charge in [-0.2, -0.15) is 4.31 Å². The molecule has 1 aliphatic carbocycles. The molecule has 0 atom stereocenters. The van der Waals surface area contributed by atoms with Crippen molar-refractivity contribution in [2.24, 2.45) is 0 Å². The fraction of sp³-hybridized carbons (Fsp3) is 1.00. The van der Waals surface area contributed by atoms with Crippen molar-refractivity contribution in [2.45, 2.75) is 39.2 Å². The van der Waals surface area contributed by atoms with E-state index in [1.54, 1.807) is 4.31 Å². The van der Waals surface area contributed by atoms with Gasteiger partial charge in [-0.3, -0.25) is 0 Å². The van der Waals surface area contributed by atoms with Gasteiger partial charge in [0.05, 0.1) is 5.75 Å². The predicted molar refractivity (Wildman–Crippen MR) is 49.5 cm³/mol. The summed E-state index contributed by atoms with van der Waals surface area (Å²) in [6.07, 6.45) is 2.82. The molecule has 1 rings (SSSR count). The van der Waals surface area contributed by atoms with E-state index in [1.807, 2.05) is 13.8 Å². The standard InChI is InChI=1S/C8H17NO2S/c1-3-7-12(10,11)9(4-2)8-5-6-8/h8H,3-7H2,1-2H3. The molecule has 72 valence electrons. The van der Waals surface area contributed by atoms with Gasteiger partial charge in [-0.25, -0.2) is 8.42 Å². The third-order valence-corrected chi connectivity index (χ3v) is 4.28. The first kappa shape index (κ1) is 9.99. The molecule has 12 heavy (non-hydrogen) atoms. The van der Waals surface area contributed by atoms with Crippen molar-refractivity contribution >= 4 is 10.0 Å². The van der Waals surface area contributed by atoms with Gasteiger partial charge < -0.3 is 0 Å². The average molecular weight is 191 g/mol. The highest BCUT2D eigenvalue weighted by atomic mass is 32.2. The van der Waals surface area contributed by atoms with Crippen LogP contribution in [0.3, 0.4) is 0 Å². The molecule has 0 heterocycles. The van der Waals surface area contributed by atoms with E-state index in [0.717, 1.165) is 12.8 Å². The van der Waals surface area contributed by atoms with Crippen molar-refractivity contribution in [3.05, 3.63) is 0 Å². The normalized spacial score (nSPS) is 18.6. The minimum Gasteiger partial charge on any atom is -0.212 e. The molecular weight excluding hydrogens is 174 g/mol. The van der Waals surface area contributed by atoms with Crippen LogP contribution in [0.15, 0.2) is 0 Å². The summed E-state index contributed by atoms with van der Waals surface area (Å²) in [5.41, 5.74) is 0. The van der Waals surface area contributed by atoms with Gasteiger partial charge in [0.25, 0.3) is 0 Å². The molecule has 0 spiro atoms. The Kier molecular flexibility index (Phi) is 3.12. The van der Waals surface area contributed by atoms with Gasteiger partial charge >= 0.3 is 0 Å². The Morgan fingerprint density at radius 3 is 2.25 bits per heavy atom. The van der Waals surface area contributed by atoms with Crippen LogP contribution in [0.4, 0.5) is 0 Å². The summed E-state index contributed by atoms with van der Waals surface area (Å²) in [4.78, 5) is 0.